The highest BCUT2D eigenvalue weighted by Gasteiger charge is 2.16. The number of hydrogen-bond donors (Lipinski definition) is 1. The van der Waals surface area contributed by atoms with Crippen molar-refractivity contribution in [3.05, 3.63) is 31.9 Å². The second-order valence-corrected chi connectivity index (χ2v) is 5.14. The van der Waals surface area contributed by atoms with Crippen LogP contribution in [-0.4, -0.2) is 24.1 Å². The molecule has 0 aliphatic carbocycles. The summed E-state index contributed by atoms with van der Waals surface area (Å²) in [6.07, 6.45) is 2.31. The van der Waals surface area contributed by atoms with E-state index >= 15 is 0 Å². The summed E-state index contributed by atoms with van der Waals surface area (Å²) in [6, 6.07) is 5.06. The van der Waals surface area contributed by atoms with Crippen LogP contribution in [0.3, 0.4) is 0 Å². The molecule has 1 N–H and O–H groups in total. The molecule has 5 nitrogen and oxygen atoms in total. The largest absolute Gasteiger partial charge is 0.491 e. The van der Waals surface area contributed by atoms with Crippen LogP contribution in [0, 0.1) is 13.7 Å². The van der Waals surface area contributed by atoms with Gasteiger partial charge in [0.15, 0.2) is 0 Å². The Morgan fingerprint density at radius 3 is 3.00 bits per heavy atom. The average Bonchev–Trinajstić information content (AvgIpc) is 2.80. The van der Waals surface area contributed by atoms with E-state index in [4.69, 9.17) is 4.74 Å². The Hall–Kier alpha value is -0.890. The van der Waals surface area contributed by atoms with Gasteiger partial charge in [-0.25, -0.2) is 0 Å². The maximum atomic E-state index is 10.6. The molecule has 6 heteroatoms. The zero-order chi connectivity index (χ0) is 12.3. The molecule has 1 fully saturated rings. The summed E-state index contributed by atoms with van der Waals surface area (Å²) in [6.45, 7) is 1.67. The Morgan fingerprint density at radius 2 is 2.41 bits per heavy atom. The molecule has 1 aromatic carbocycles. The van der Waals surface area contributed by atoms with Crippen molar-refractivity contribution in [3.8, 4) is 5.75 Å². The van der Waals surface area contributed by atoms with Gasteiger partial charge in [0.2, 0.25) is 0 Å². The van der Waals surface area contributed by atoms with Crippen molar-refractivity contribution in [2.75, 3.05) is 13.2 Å². The Balaban J connectivity index is 1.98. The normalized spacial score (nSPS) is 19.2. The van der Waals surface area contributed by atoms with E-state index in [1.807, 2.05) is 0 Å². The van der Waals surface area contributed by atoms with Gasteiger partial charge in [-0.2, -0.15) is 0 Å². The van der Waals surface area contributed by atoms with Crippen molar-refractivity contribution < 1.29 is 9.66 Å². The highest BCUT2D eigenvalue weighted by molar-refractivity contribution is 14.1. The van der Waals surface area contributed by atoms with Gasteiger partial charge in [0.05, 0.1) is 8.49 Å². The van der Waals surface area contributed by atoms with Crippen LogP contribution >= 0.6 is 22.6 Å². The molecule has 92 valence electrons. The van der Waals surface area contributed by atoms with Gasteiger partial charge < -0.3 is 10.1 Å². The van der Waals surface area contributed by atoms with Gasteiger partial charge in [-0.15, -0.1) is 0 Å². The van der Waals surface area contributed by atoms with Crippen molar-refractivity contribution in [1.82, 2.24) is 5.32 Å². The first-order valence-corrected chi connectivity index (χ1v) is 6.55. The third-order valence-corrected chi connectivity index (χ3v) is 3.57. The van der Waals surface area contributed by atoms with Gasteiger partial charge >= 0.3 is 0 Å². The summed E-state index contributed by atoms with van der Waals surface area (Å²) >= 11 is 2.06. The molecule has 17 heavy (non-hydrogen) atoms. The lowest BCUT2D eigenvalue weighted by molar-refractivity contribution is -0.385. The minimum atomic E-state index is -0.398. The van der Waals surface area contributed by atoms with Crippen molar-refractivity contribution in [1.29, 1.82) is 0 Å². The number of nitrogens with zero attached hydrogens (tertiary/aromatic N) is 1. The van der Waals surface area contributed by atoms with Crippen LogP contribution in [0.4, 0.5) is 5.69 Å². The van der Waals surface area contributed by atoms with Crippen LogP contribution in [0.2, 0.25) is 0 Å². The first kappa shape index (κ1) is 12.6. The van der Waals surface area contributed by atoms with Crippen molar-refractivity contribution >= 4 is 28.3 Å². The standard InChI is InChI=1S/C11H13IN2O3/c12-10-6-9(14(15)16)3-4-11(10)17-7-8-2-1-5-13-8/h3-4,6,8,13H,1-2,5,7H2. The molecule has 1 heterocycles. The second kappa shape index (κ2) is 5.63. The zero-order valence-electron chi connectivity index (χ0n) is 9.19. The Morgan fingerprint density at radius 1 is 1.59 bits per heavy atom. The minimum Gasteiger partial charge on any atom is -0.491 e. The molecular formula is C11H13IN2O3. The van der Waals surface area contributed by atoms with Crippen LogP contribution in [0.15, 0.2) is 18.2 Å². The topological polar surface area (TPSA) is 64.4 Å². The Kier molecular flexibility index (Phi) is 4.16. The van der Waals surface area contributed by atoms with Gasteiger partial charge in [-0.3, -0.25) is 10.1 Å². The first-order chi connectivity index (χ1) is 8.16. The molecule has 0 radical (unpaired) electrons. The number of nitro benzene ring substituents is 1. The predicted octanol–water partition coefficient (Wildman–Crippen LogP) is 2.33. The molecule has 1 aromatic rings. The number of ether oxygens (including phenoxy) is 1. The molecular weight excluding hydrogens is 335 g/mol. The van der Waals surface area contributed by atoms with E-state index < -0.39 is 4.92 Å². The zero-order valence-corrected chi connectivity index (χ0v) is 11.3. The summed E-state index contributed by atoms with van der Waals surface area (Å²) in [5.74, 6) is 0.713. The number of rotatable bonds is 4. The molecule has 1 atom stereocenters. The van der Waals surface area contributed by atoms with Crippen LogP contribution < -0.4 is 10.1 Å². The molecule has 0 aromatic heterocycles. The summed E-state index contributed by atoms with van der Waals surface area (Å²) in [4.78, 5) is 10.2. The van der Waals surface area contributed by atoms with Crippen LogP contribution in [0.5, 0.6) is 5.75 Å². The van der Waals surface area contributed by atoms with Gasteiger partial charge in [-0.05, 0) is 48.0 Å². The van der Waals surface area contributed by atoms with Gasteiger partial charge in [0.25, 0.3) is 5.69 Å². The fourth-order valence-electron chi connectivity index (χ4n) is 1.81. The lowest BCUT2D eigenvalue weighted by Crippen LogP contribution is -2.28. The lowest BCUT2D eigenvalue weighted by atomic mass is 10.2. The molecule has 2 rings (SSSR count). The lowest BCUT2D eigenvalue weighted by Gasteiger charge is -2.12. The van der Waals surface area contributed by atoms with Crippen molar-refractivity contribution in [3.63, 3.8) is 0 Å². The molecule has 0 amide bonds. The van der Waals surface area contributed by atoms with E-state index in [0.717, 1.165) is 16.5 Å². The van der Waals surface area contributed by atoms with Gasteiger partial charge in [0.1, 0.15) is 12.4 Å². The van der Waals surface area contributed by atoms with Crippen molar-refractivity contribution in [2.24, 2.45) is 0 Å². The summed E-state index contributed by atoms with van der Waals surface area (Å²) in [5.41, 5.74) is 0.0979. The summed E-state index contributed by atoms with van der Waals surface area (Å²) in [5, 5.41) is 13.9. The monoisotopic (exact) mass is 348 g/mol. The molecule has 1 unspecified atom stereocenters. The SMILES string of the molecule is O=[N+]([O-])c1ccc(OCC2CCCN2)c(I)c1. The molecule has 0 spiro atoms. The Labute approximate surface area is 113 Å². The summed E-state index contributed by atoms with van der Waals surface area (Å²) in [7, 11) is 0. The molecule has 1 aliphatic heterocycles. The highest BCUT2D eigenvalue weighted by Crippen LogP contribution is 2.26. The van der Waals surface area contributed by atoms with Crippen molar-refractivity contribution in [2.45, 2.75) is 18.9 Å². The predicted molar refractivity (Wildman–Crippen MR) is 72.3 cm³/mol. The van der Waals surface area contributed by atoms with E-state index in [1.165, 1.54) is 18.6 Å². The van der Waals surface area contributed by atoms with E-state index in [9.17, 15) is 10.1 Å². The highest BCUT2D eigenvalue weighted by atomic mass is 127. The van der Waals surface area contributed by atoms with E-state index in [2.05, 4.69) is 27.9 Å². The summed E-state index contributed by atoms with van der Waals surface area (Å²) < 4.78 is 6.44. The maximum absolute atomic E-state index is 10.6. The minimum absolute atomic E-state index is 0.0979. The fraction of sp³-hybridized carbons (Fsp3) is 0.455. The third-order valence-electron chi connectivity index (χ3n) is 2.73. The molecule has 0 saturated carbocycles. The second-order valence-electron chi connectivity index (χ2n) is 3.98. The number of nitro groups is 1. The Bertz CT molecular complexity index is 419. The van der Waals surface area contributed by atoms with Crippen LogP contribution in [0.1, 0.15) is 12.8 Å². The number of benzene rings is 1. The van der Waals surface area contributed by atoms with Gasteiger partial charge in [-0.1, -0.05) is 0 Å². The number of non-ortho nitro benzene ring substituents is 1. The number of halogens is 1. The fourth-order valence-corrected chi connectivity index (χ4v) is 2.46. The third kappa shape index (κ3) is 3.29. The van der Waals surface area contributed by atoms with Crippen LogP contribution in [0.25, 0.3) is 0 Å². The van der Waals surface area contributed by atoms with E-state index in [1.54, 1.807) is 6.07 Å². The average molecular weight is 348 g/mol. The molecule has 1 aliphatic rings. The molecule has 0 bridgehead atoms. The van der Waals surface area contributed by atoms with Gasteiger partial charge in [0, 0.05) is 18.2 Å². The quantitative estimate of drug-likeness (QED) is 0.515. The van der Waals surface area contributed by atoms with Crippen LogP contribution in [-0.2, 0) is 0 Å². The van der Waals surface area contributed by atoms with E-state index in [0.29, 0.717) is 18.4 Å². The van der Waals surface area contributed by atoms with E-state index in [-0.39, 0.29) is 5.69 Å². The number of hydrogen-bond acceptors (Lipinski definition) is 4. The smallest absolute Gasteiger partial charge is 0.270 e. The first-order valence-electron chi connectivity index (χ1n) is 5.47. The number of nitrogens with one attached hydrogen (secondary N) is 1. The maximum Gasteiger partial charge on any atom is 0.270 e. The molecule has 1 saturated heterocycles.